The van der Waals surface area contributed by atoms with Crippen molar-refractivity contribution in [3.63, 3.8) is 0 Å². The van der Waals surface area contributed by atoms with Crippen LogP contribution < -0.4 is 10.9 Å². The largest absolute Gasteiger partial charge is 0.506 e. The van der Waals surface area contributed by atoms with E-state index < -0.39 is 46.5 Å². The number of amides is 1. The molecular weight excluding hydrogens is 440 g/mol. The summed E-state index contributed by atoms with van der Waals surface area (Å²) in [5.74, 6) is -1.96. The smallest absolute Gasteiger partial charge is 0.325 e. The third-order valence-electron chi connectivity index (χ3n) is 5.43. The highest BCUT2D eigenvalue weighted by Gasteiger charge is 2.28. The number of carbonyl (C=O) groups excluding carboxylic acids is 2. The normalized spacial score (nSPS) is 13.8. The molecule has 0 fully saturated rings. The topological polar surface area (TPSA) is 127 Å². The van der Waals surface area contributed by atoms with Crippen molar-refractivity contribution >= 4 is 11.9 Å². The Balaban J connectivity index is 1.94. The number of nitrogens with one attached hydrogen (secondary N) is 1. The second-order valence-corrected chi connectivity index (χ2v) is 9.87. The molecule has 9 heteroatoms. The maximum absolute atomic E-state index is 13.4. The summed E-state index contributed by atoms with van der Waals surface area (Å²) in [5.41, 5.74) is -0.330. The average Bonchev–Trinajstić information content (AvgIpc) is 2.74. The van der Waals surface area contributed by atoms with Crippen molar-refractivity contribution < 1.29 is 29.3 Å². The van der Waals surface area contributed by atoms with E-state index in [2.05, 4.69) is 5.32 Å². The van der Waals surface area contributed by atoms with Crippen LogP contribution in [0.1, 0.15) is 67.4 Å². The van der Waals surface area contributed by atoms with E-state index in [4.69, 9.17) is 9.47 Å². The van der Waals surface area contributed by atoms with Gasteiger partial charge in [-0.1, -0.05) is 24.3 Å². The minimum atomic E-state index is -0.996. The van der Waals surface area contributed by atoms with E-state index in [-0.39, 0.29) is 13.2 Å². The Morgan fingerprint density at radius 2 is 1.79 bits per heavy atom. The third kappa shape index (κ3) is 5.84. The summed E-state index contributed by atoms with van der Waals surface area (Å²) in [5, 5.41) is 23.3. The Bertz CT molecular complexity index is 1140. The van der Waals surface area contributed by atoms with Gasteiger partial charge in [-0.25, -0.2) is 0 Å². The van der Waals surface area contributed by atoms with Gasteiger partial charge in [-0.15, -0.1) is 0 Å². The Labute approximate surface area is 198 Å². The number of esters is 1. The van der Waals surface area contributed by atoms with Crippen LogP contribution in [0.25, 0.3) is 0 Å². The quantitative estimate of drug-likeness (QED) is 0.549. The maximum Gasteiger partial charge on any atom is 0.325 e. The van der Waals surface area contributed by atoms with Crippen molar-refractivity contribution in [3.8, 4) is 5.75 Å². The summed E-state index contributed by atoms with van der Waals surface area (Å²) < 4.78 is 12.1. The minimum absolute atomic E-state index is 0.0609. The molecule has 0 atom stereocenters. The van der Waals surface area contributed by atoms with Crippen molar-refractivity contribution in [1.29, 1.82) is 0 Å². The number of benzene rings is 1. The summed E-state index contributed by atoms with van der Waals surface area (Å²) in [4.78, 5) is 38.2. The van der Waals surface area contributed by atoms with Crippen LogP contribution in [0.15, 0.2) is 29.1 Å². The fraction of sp³-hybridized carbons (Fsp3) is 0.480. The van der Waals surface area contributed by atoms with E-state index in [0.717, 1.165) is 11.1 Å². The zero-order valence-electron chi connectivity index (χ0n) is 20.2. The molecule has 3 rings (SSSR count). The summed E-state index contributed by atoms with van der Waals surface area (Å²) in [7, 11) is 0. The molecule has 1 aliphatic rings. The van der Waals surface area contributed by atoms with Gasteiger partial charge in [0.05, 0.1) is 25.4 Å². The highest BCUT2D eigenvalue weighted by Crippen LogP contribution is 2.28. The van der Waals surface area contributed by atoms with Crippen molar-refractivity contribution in [3.05, 3.63) is 62.6 Å². The predicted octanol–water partition coefficient (Wildman–Crippen LogP) is 1.97. The SMILES string of the molecule is CC(C)(C)OC(=O)CNC(=O)c1c(O)c2c(n(Cc3ccc(C(C)(C)O)cc3)c1=O)CCOC2. The monoisotopic (exact) mass is 472 g/mol. The van der Waals surface area contributed by atoms with E-state index in [0.29, 0.717) is 24.3 Å². The molecule has 1 aromatic heterocycles. The third-order valence-corrected chi connectivity index (χ3v) is 5.43. The van der Waals surface area contributed by atoms with Crippen LogP contribution in [0.4, 0.5) is 0 Å². The lowest BCUT2D eigenvalue weighted by Gasteiger charge is -2.24. The summed E-state index contributed by atoms with van der Waals surface area (Å²) in [6.07, 6.45) is 0.402. The molecule has 1 aliphatic heterocycles. The molecule has 0 saturated heterocycles. The van der Waals surface area contributed by atoms with Gasteiger partial charge in [0.1, 0.15) is 23.5 Å². The zero-order chi connectivity index (χ0) is 25.3. The number of pyridine rings is 1. The second kappa shape index (κ2) is 9.60. The first-order valence-electron chi connectivity index (χ1n) is 11.1. The number of aliphatic hydroxyl groups is 1. The molecule has 34 heavy (non-hydrogen) atoms. The van der Waals surface area contributed by atoms with Gasteiger partial charge in [-0.3, -0.25) is 14.4 Å². The zero-order valence-corrected chi connectivity index (χ0v) is 20.2. The molecule has 0 saturated carbocycles. The maximum atomic E-state index is 13.4. The number of rotatable bonds is 6. The lowest BCUT2D eigenvalue weighted by Crippen LogP contribution is -2.39. The number of hydrogen-bond donors (Lipinski definition) is 3. The van der Waals surface area contributed by atoms with Gasteiger partial charge in [0.2, 0.25) is 0 Å². The Hall–Kier alpha value is -3.17. The lowest BCUT2D eigenvalue weighted by molar-refractivity contribution is -0.153. The van der Waals surface area contributed by atoms with Crippen LogP contribution in [0.5, 0.6) is 5.75 Å². The molecule has 0 radical (unpaired) electrons. The lowest BCUT2D eigenvalue weighted by atomic mass is 9.97. The minimum Gasteiger partial charge on any atom is -0.506 e. The number of hydrogen-bond acceptors (Lipinski definition) is 7. The fourth-order valence-electron chi connectivity index (χ4n) is 3.78. The van der Waals surface area contributed by atoms with E-state index in [1.54, 1.807) is 58.9 Å². The van der Waals surface area contributed by atoms with Gasteiger partial charge >= 0.3 is 5.97 Å². The number of aromatic nitrogens is 1. The van der Waals surface area contributed by atoms with Crippen LogP contribution in [-0.4, -0.2) is 45.4 Å². The van der Waals surface area contributed by atoms with Crippen LogP contribution in [0.2, 0.25) is 0 Å². The van der Waals surface area contributed by atoms with Crippen molar-refractivity contribution in [2.24, 2.45) is 0 Å². The summed E-state index contributed by atoms with van der Waals surface area (Å²) in [6.45, 7) is 8.65. The Kier molecular flexibility index (Phi) is 7.18. The summed E-state index contributed by atoms with van der Waals surface area (Å²) >= 11 is 0. The van der Waals surface area contributed by atoms with Gasteiger partial charge in [0.25, 0.3) is 11.5 Å². The van der Waals surface area contributed by atoms with E-state index >= 15 is 0 Å². The van der Waals surface area contributed by atoms with Crippen molar-refractivity contribution in [1.82, 2.24) is 9.88 Å². The number of ether oxygens (including phenoxy) is 2. The molecule has 1 amide bonds. The van der Waals surface area contributed by atoms with Gasteiger partial charge in [-0.2, -0.15) is 0 Å². The molecule has 0 aliphatic carbocycles. The van der Waals surface area contributed by atoms with Crippen LogP contribution >= 0.6 is 0 Å². The fourth-order valence-corrected chi connectivity index (χ4v) is 3.78. The number of fused-ring (bicyclic) bond motifs is 1. The standard InChI is InChI=1S/C25H32N2O7/c1-24(2,3)34-19(28)12-26-22(30)20-21(29)17-14-33-11-10-18(17)27(23(20)31)13-15-6-8-16(9-7-15)25(4,5)32/h6-9,29,32H,10-14H2,1-5H3,(H,26,30). The Morgan fingerprint density at radius 3 is 2.38 bits per heavy atom. The number of aromatic hydroxyl groups is 1. The van der Waals surface area contributed by atoms with E-state index in [9.17, 15) is 24.6 Å². The molecule has 184 valence electrons. The first-order chi connectivity index (χ1) is 15.8. The molecule has 9 nitrogen and oxygen atoms in total. The van der Waals surface area contributed by atoms with Crippen LogP contribution in [0, 0.1) is 0 Å². The predicted molar refractivity (Wildman–Crippen MR) is 125 cm³/mol. The van der Waals surface area contributed by atoms with Gasteiger partial charge in [0, 0.05) is 17.7 Å². The number of nitrogens with zero attached hydrogens (tertiary/aromatic N) is 1. The molecule has 2 heterocycles. The van der Waals surface area contributed by atoms with Gasteiger partial charge < -0.3 is 29.6 Å². The summed E-state index contributed by atoms with van der Waals surface area (Å²) in [6, 6.07) is 7.18. The first-order valence-corrected chi connectivity index (χ1v) is 11.1. The second-order valence-electron chi connectivity index (χ2n) is 9.87. The van der Waals surface area contributed by atoms with Gasteiger partial charge in [-0.05, 0) is 45.7 Å². The average molecular weight is 473 g/mol. The van der Waals surface area contributed by atoms with E-state index in [1.807, 2.05) is 0 Å². The molecule has 1 aromatic carbocycles. The number of carbonyl (C=O) groups is 2. The van der Waals surface area contributed by atoms with E-state index in [1.165, 1.54) is 4.57 Å². The van der Waals surface area contributed by atoms with Crippen molar-refractivity contribution in [2.75, 3.05) is 13.2 Å². The molecule has 0 unspecified atom stereocenters. The molecular formula is C25H32N2O7. The van der Waals surface area contributed by atoms with Crippen LogP contribution in [-0.2, 0) is 39.4 Å². The van der Waals surface area contributed by atoms with Gasteiger partial charge in [0.15, 0.2) is 0 Å². The highest BCUT2D eigenvalue weighted by molar-refractivity contribution is 5.98. The molecule has 0 bridgehead atoms. The highest BCUT2D eigenvalue weighted by atomic mass is 16.6. The molecule has 3 N–H and O–H groups in total. The molecule has 0 spiro atoms. The first kappa shape index (κ1) is 25.5. The Morgan fingerprint density at radius 1 is 1.15 bits per heavy atom. The van der Waals surface area contributed by atoms with Crippen LogP contribution in [0.3, 0.4) is 0 Å². The molecule has 2 aromatic rings. The van der Waals surface area contributed by atoms with Crippen molar-refractivity contribution in [2.45, 2.75) is 65.4 Å².